The minimum absolute atomic E-state index is 0.206. The third-order valence-electron chi connectivity index (χ3n) is 10.3. The van der Waals surface area contributed by atoms with Crippen LogP contribution in [0.4, 0.5) is 0 Å². The van der Waals surface area contributed by atoms with Gasteiger partial charge in [0.15, 0.2) is 0 Å². The van der Waals surface area contributed by atoms with Gasteiger partial charge in [-0.2, -0.15) is 0 Å². The van der Waals surface area contributed by atoms with Gasteiger partial charge in [0.2, 0.25) is 5.91 Å². The van der Waals surface area contributed by atoms with Gasteiger partial charge >= 0.3 is 0 Å². The van der Waals surface area contributed by atoms with E-state index in [1.54, 1.807) is 0 Å². The second-order valence-corrected chi connectivity index (χ2v) is 12.4. The van der Waals surface area contributed by atoms with Crippen molar-refractivity contribution in [2.24, 2.45) is 17.3 Å². The van der Waals surface area contributed by atoms with Crippen LogP contribution in [0, 0.1) is 17.3 Å². The fourth-order valence-corrected chi connectivity index (χ4v) is 8.43. The molecule has 5 heteroatoms. The van der Waals surface area contributed by atoms with Gasteiger partial charge in [-0.3, -0.25) is 9.59 Å². The lowest BCUT2D eigenvalue weighted by Crippen LogP contribution is -2.47. The Hall–Kier alpha value is -1.62. The molecule has 0 aromatic heterocycles. The van der Waals surface area contributed by atoms with E-state index in [4.69, 9.17) is 7.85 Å². The number of amides is 1. The van der Waals surface area contributed by atoms with Crippen LogP contribution in [0.5, 0.6) is 0 Å². The molecule has 3 fully saturated rings. The average Bonchev–Trinajstić information content (AvgIpc) is 3.12. The molecule has 5 unspecified atom stereocenters. The molecule has 1 amide bonds. The van der Waals surface area contributed by atoms with E-state index in [1.807, 2.05) is 0 Å². The van der Waals surface area contributed by atoms with Gasteiger partial charge in [0.25, 0.3) is 0 Å². The van der Waals surface area contributed by atoms with Crippen LogP contribution in [-0.4, -0.2) is 61.6 Å². The molecule has 1 aromatic rings. The molecule has 0 bridgehead atoms. The van der Waals surface area contributed by atoms with E-state index in [0.717, 1.165) is 63.6 Å². The van der Waals surface area contributed by atoms with Gasteiger partial charge in [0, 0.05) is 24.5 Å². The zero-order valence-electron chi connectivity index (χ0n) is 22.8. The molecule has 5 atom stereocenters. The molecule has 5 rings (SSSR count). The number of benzene rings is 1. The van der Waals surface area contributed by atoms with Gasteiger partial charge in [0.05, 0.1) is 14.3 Å². The van der Waals surface area contributed by atoms with Crippen LogP contribution in [0.15, 0.2) is 18.2 Å². The summed E-state index contributed by atoms with van der Waals surface area (Å²) >= 11 is 0. The van der Waals surface area contributed by atoms with Crippen LogP contribution in [0.2, 0.25) is 5.82 Å². The highest BCUT2D eigenvalue weighted by atomic mass is 16.2. The van der Waals surface area contributed by atoms with E-state index in [-0.39, 0.29) is 17.1 Å². The summed E-state index contributed by atoms with van der Waals surface area (Å²) in [5.74, 6) is 1.87. The predicted octanol–water partition coefficient (Wildman–Crippen LogP) is 5.33. The summed E-state index contributed by atoms with van der Waals surface area (Å²) in [6.45, 7) is 10.8. The second kappa shape index (κ2) is 10.6. The van der Waals surface area contributed by atoms with Crippen LogP contribution in [0.3, 0.4) is 0 Å². The Morgan fingerprint density at radius 3 is 2.53 bits per heavy atom. The summed E-state index contributed by atoms with van der Waals surface area (Å²) in [4.78, 5) is 30.7. The number of hydrogen-bond donors (Lipinski definition) is 0. The Kier molecular flexibility index (Phi) is 7.68. The lowest BCUT2D eigenvalue weighted by Gasteiger charge is -2.48. The number of rotatable bonds is 7. The van der Waals surface area contributed by atoms with Gasteiger partial charge in [0.1, 0.15) is 5.78 Å². The van der Waals surface area contributed by atoms with E-state index in [1.165, 1.54) is 37.1 Å². The minimum Gasteiger partial charge on any atom is -0.342 e. The SMILES string of the molecule is [B]C1CC2C3CCc4cc(CC(=O)N5CCC(N(CCC)CCC)CC5)ccc4C3CCC2(C)C1=O. The molecule has 36 heavy (non-hydrogen) atoms. The molecule has 1 saturated heterocycles. The minimum atomic E-state index is -0.264. The lowest BCUT2D eigenvalue weighted by atomic mass is 9.55. The molecule has 3 aliphatic carbocycles. The number of ketones is 1. The summed E-state index contributed by atoms with van der Waals surface area (Å²) in [7, 11) is 6.23. The van der Waals surface area contributed by atoms with E-state index < -0.39 is 0 Å². The Balaban J connectivity index is 1.20. The number of likely N-dealkylation sites (tertiary alicyclic amines) is 1. The predicted molar refractivity (Wildman–Crippen MR) is 146 cm³/mol. The van der Waals surface area contributed by atoms with Crippen molar-refractivity contribution in [3.8, 4) is 0 Å². The molecule has 1 heterocycles. The van der Waals surface area contributed by atoms with E-state index in [9.17, 15) is 9.59 Å². The third-order valence-corrected chi connectivity index (χ3v) is 10.3. The molecule has 4 aliphatic rings. The first-order valence-corrected chi connectivity index (χ1v) is 14.8. The van der Waals surface area contributed by atoms with Crippen LogP contribution in [-0.2, 0) is 22.4 Å². The van der Waals surface area contributed by atoms with Crippen molar-refractivity contribution in [3.05, 3.63) is 34.9 Å². The van der Waals surface area contributed by atoms with Gasteiger partial charge < -0.3 is 9.80 Å². The summed E-state index contributed by atoms with van der Waals surface area (Å²) in [6.07, 6.45) is 10.2. The highest BCUT2D eigenvalue weighted by Gasteiger charge is 2.56. The van der Waals surface area contributed by atoms with E-state index >= 15 is 0 Å². The number of hydrogen-bond acceptors (Lipinski definition) is 3. The van der Waals surface area contributed by atoms with E-state index in [0.29, 0.717) is 36.0 Å². The number of piperidine rings is 1. The number of carbonyl (C=O) groups is 2. The number of nitrogens with zero attached hydrogens (tertiary/aromatic N) is 2. The standard InChI is InChI=1S/C31H45BN2O2/c1-4-14-33(15-5-2)23-11-16-34(17-12-23)29(35)19-21-6-8-24-22(18-21)7-9-26-25(24)10-13-31(3)27(26)20-28(32)30(31)36/h6,8,18,23,25-28H,4-5,7,9-17,19-20H2,1-3H3. The fourth-order valence-electron chi connectivity index (χ4n) is 8.43. The van der Waals surface area contributed by atoms with Crippen molar-refractivity contribution in [1.82, 2.24) is 9.80 Å². The molecule has 0 N–H and O–H groups in total. The van der Waals surface area contributed by atoms with Crippen LogP contribution < -0.4 is 0 Å². The topological polar surface area (TPSA) is 40.6 Å². The highest BCUT2D eigenvalue weighted by Crippen LogP contribution is 2.61. The van der Waals surface area contributed by atoms with Crippen LogP contribution >= 0.6 is 0 Å². The lowest BCUT2D eigenvalue weighted by molar-refractivity contribution is -0.132. The molecular weight excluding hydrogens is 443 g/mol. The maximum absolute atomic E-state index is 13.2. The Bertz CT molecular complexity index is 965. The Morgan fingerprint density at radius 1 is 1.11 bits per heavy atom. The normalized spacial score (nSPS) is 32.3. The Labute approximate surface area is 220 Å². The Morgan fingerprint density at radius 2 is 1.83 bits per heavy atom. The monoisotopic (exact) mass is 488 g/mol. The molecule has 194 valence electrons. The summed E-state index contributed by atoms with van der Waals surface area (Å²) < 4.78 is 0. The van der Waals surface area contributed by atoms with Crippen LogP contribution in [0.25, 0.3) is 0 Å². The van der Waals surface area contributed by atoms with Crippen molar-refractivity contribution < 1.29 is 9.59 Å². The first kappa shape index (κ1) is 26.0. The summed E-state index contributed by atoms with van der Waals surface area (Å²) in [5, 5.41) is 0. The largest absolute Gasteiger partial charge is 0.342 e. The van der Waals surface area contributed by atoms with Crippen molar-refractivity contribution >= 4 is 19.5 Å². The highest BCUT2D eigenvalue weighted by molar-refractivity contribution is 6.26. The van der Waals surface area contributed by atoms with Crippen molar-refractivity contribution in [3.63, 3.8) is 0 Å². The van der Waals surface area contributed by atoms with E-state index in [2.05, 4.69) is 48.8 Å². The van der Waals surface area contributed by atoms with Crippen molar-refractivity contribution in [2.75, 3.05) is 26.2 Å². The maximum atomic E-state index is 13.2. The third kappa shape index (κ3) is 4.70. The first-order chi connectivity index (χ1) is 17.4. The van der Waals surface area contributed by atoms with Gasteiger partial charge in [-0.1, -0.05) is 39.0 Å². The summed E-state index contributed by atoms with van der Waals surface area (Å²) in [6, 6.07) is 7.47. The molecule has 1 aromatic carbocycles. The molecule has 1 aliphatic heterocycles. The van der Waals surface area contributed by atoms with Crippen molar-refractivity contribution in [1.29, 1.82) is 0 Å². The van der Waals surface area contributed by atoms with Crippen molar-refractivity contribution in [2.45, 2.75) is 103 Å². The molecule has 4 nitrogen and oxygen atoms in total. The van der Waals surface area contributed by atoms with Gasteiger partial charge in [-0.05, 0) is 111 Å². The van der Waals surface area contributed by atoms with Crippen LogP contribution in [0.1, 0.15) is 94.7 Å². The number of aryl methyl sites for hydroxylation is 1. The molecule has 2 saturated carbocycles. The molecule has 2 radical (unpaired) electrons. The van der Waals surface area contributed by atoms with Gasteiger partial charge in [-0.25, -0.2) is 0 Å². The van der Waals surface area contributed by atoms with Gasteiger partial charge in [-0.15, -0.1) is 0 Å². The number of Topliss-reactive ketones (excluding diaryl/α,β-unsaturated/α-hetero) is 1. The zero-order chi connectivity index (χ0) is 25.4. The molecule has 0 spiro atoms. The quantitative estimate of drug-likeness (QED) is 0.487. The average molecular weight is 489 g/mol. The maximum Gasteiger partial charge on any atom is 0.226 e. The molecular formula is C31H45BN2O2. The smallest absolute Gasteiger partial charge is 0.226 e. The number of fused-ring (bicyclic) bond motifs is 5. The fraction of sp³-hybridized carbons (Fsp3) is 0.742. The first-order valence-electron chi connectivity index (χ1n) is 14.8. The zero-order valence-corrected chi connectivity index (χ0v) is 22.8. The second-order valence-electron chi connectivity index (χ2n) is 12.4. The number of carbonyl (C=O) groups excluding carboxylic acids is 2. The summed E-state index contributed by atoms with van der Waals surface area (Å²) in [5.41, 5.74) is 3.87.